The number of rotatable bonds is 1. The first-order valence-electron chi connectivity index (χ1n) is 3.17. The number of halogens is 11. The molecule has 0 aliphatic carbocycles. The van der Waals surface area contributed by atoms with Crippen molar-refractivity contribution in [2.45, 2.75) is 19.2 Å². The summed E-state index contributed by atoms with van der Waals surface area (Å²) in [6, 6.07) is 0. The molecular weight excluding hydrogens is 285 g/mol. The van der Waals surface area contributed by atoms with Gasteiger partial charge in [-0.3, -0.25) is 0 Å². The Morgan fingerprint density at radius 2 is 1.06 bits per heavy atom. The van der Waals surface area contributed by atoms with Crippen molar-refractivity contribution in [3.05, 3.63) is 0 Å². The second-order valence-corrected chi connectivity index (χ2v) is 1.67. The van der Waals surface area contributed by atoms with E-state index in [0.717, 1.165) is 0 Å². The minimum absolute atomic E-state index is 1.75. The molecule has 0 aromatic heterocycles. The van der Waals surface area contributed by atoms with Gasteiger partial charge >= 0.3 is 19.2 Å². The van der Waals surface area contributed by atoms with Crippen LogP contribution < -0.4 is 0 Å². The normalized spacial score (nSPS) is 11.3. The molecule has 0 aromatic carbocycles. The van der Waals surface area contributed by atoms with Crippen molar-refractivity contribution in [1.29, 1.82) is 0 Å². The third kappa shape index (κ3) is 51.1. The highest BCUT2D eigenvalue weighted by molar-refractivity contribution is 4.39. The summed E-state index contributed by atoms with van der Waals surface area (Å²) < 4.78 is 116. The third-order valence-electron chi connectivity index (χ3n) is 0.374. The third-order valence-corrected chi connectivity index (χ3v) is 0.374. The van der Waals surface area contributed by atoms with Crippen LogP contribution in [-0.2, 0) is 4.74 Å². The average Bonchev–Trinajstić information content (AvgIpc) is 2.00. The second kappa shape index (κ2) is 10.4. The van der Waals surface area contributed by atoms with E-state index >= 15 is 0 Å². The largest absolute Gasteiger partial charge is 0.526 e. The van der Waals surface area contributed by atoms with Gasteiger partial charge in [0.05, 0.1) is 0 Å². The van der Waals surface area contributed by atoms with Gasteiger partial charge in [-0.1, -0.05) is 0 Å². The van der Waals surface area contributed by atoms with E-state index in [2.05, 4.69) is 4.74 Å². The summed E-state index contributed by atoms with van der Waals surface area (Å²) in [5.74, 6) is 0. The molecule has 0 atom stereocenters. The Morgan fingerprint density at radius 3 is 1.06 bits per heavy atom. The van der Waals surface area contributed by atoms with Crippen molar-refractivity contribution in [3.8, 4) is 0 Å². The summed E-state index contributed by atoms with van der Waals surface area (Å²) in [5.41, 5.74) is 0. The Balaban J connectivity index is -0.000000193. The summed E-state index contributed by atoms with van der Waals surface area (Å²) in [4.78, 5) is 0. The van der Waals surface area contributed by atoms with Crippen LogP contribution in [0.15, 0.2) is 0 Å². The fourth-order valence-corrected chi connectivity index (χ4v) is 0.101. The predicted octanol–water partition coefficient (Wildman–Crippen LogP) is 4.15. The molecule has 0 saturated heterocycles. The van der Waals surface area contributed by atoms with Crippen molar-refractivity contribution in [3.63, 3.8) is 0 Å². The fraction of sp³-hybridized carbons (Fsp3) is 1.00. The zero-order valence-electron chi connectivity index (χ0n) is 7.56. The molecule has 0 N–H and O–H groups in total. The van der Waals surface area contributed by atoms with Crippen molar-refractivity contribution < 1.29 is 53.0 Å². The summed E-state index contributed by atoms with van der Waals surface area (Å²) in [5, 5.41) is 0. The smallest absolute Gasteiger partial charge is 0.241 e. The van der Waals surface area contributed by atoms with E-state index in [4.69, 9.17) is 0 Å². The molecular formula is C5H5F11O. The molecule has 108 valence electrons. The van der Waals surface area contributed by atoms with Gasteiger partial charge in [-0.05, 0) is 0 Å². The minimum atomic E-state index is -5.23. The molecule has 0 unspecified atom stereocenters. The first kappa shape index (κ1) is 21.5. The fourth-order valence-electron chi connectivity index (χ4n) is 0.101. The highest BCUT2D eigenvalue weighted by Crippen LogP contribution is 2.19. The summed E-state index contributed by atoms with van der Waals surface area (Å²) in [6.45, 7) is -7.76. The van der Waals surface area contributed by atoms with Crippen LogP contribution in [0.5, 0.6) is 0 Å². The van der Waals surface area contributed by atoms with Crippen LogP contribution in [0.1, 0.15) is 0 Å². The van der Waals surface area contributed by atoms with Gasteiger partial charge < -0.3 is 0 Å². The van der Waals surface area contributed by atoms with Crippen LogP contribution >= 0.6 is 0 Å². The summed E-state index contributed by atoms with van der Waals surface area (Å²) >= 11 is 0. The molecule has 0 heterocycles. The molecule has 0 aliphatic rings. The molecule has 12 heteroatoms. The maximum atomic E-state index is 10.6. The second-order valence-electron chi connectivity index (χ2n) is 1.67. The highest BCUT2D eigenvalue weighted by Gasteiger charge is 2.33. The topological polar surface area (TPSA) is 9.23 Å². The van der Waals surface area contributed by atoms with Crippen LogP contribution in [0.4, 0.5) is 48.3 Å². The van der Waals surface area contributed by atoms with Crippen LogP contribution in [-0.4, -0.2) is 32.8 Å². The molecule has 0 aliphatic heterocycles. The SMILES string of the molecule is FC(F)OC(F)(F)F.FCC(F)(F)F.FCF. The van der Waals surface area contributed by atoms with Gasteiger partial charge in [-0.25, -0.2) is 17.9 Å². The maximum absolute atomic E-state index is 10.6. The Bertz CT molecular complexity index is 149. The van der Waals surface area contributed by atoms with Crippen LogP contribution in [0.25, 0.3) is 0 Å². The van der Waals surface area contributed by atoms with Crippen LogP contribution in [0, 0.1) is 0 Å². The van der Waals surface area contributed by atoms with Crippen molar-refractivity contribution in [2.75, 3.05) is 13.6 Å². The first-order chi connectivity index (χ1) is 7.39. The molecule has 0 saturated carbocycles. The predicted molar refractivity (Wildman–Crippen MR) is 32.3 cm³/mol. The van der Waals surface area contributed by atoms with E-state index in [1.54, 1.807) is 0 Å². The van der Waals surface area contributed by atoms with Gasteiger partial charge in [0, 0.05) is 0 Å². The standard InChI is InChI=1S/C2HF5O.C2H2F4.CH2F2/c3-1(4)8-2(5,6)7;3-1-2(4,5)6;2-1-3/h1H;1H2;1H2. The van der Waals surface area contributed by atoms with Gasteiger partial charge in [0.2, 0.25) is 6.93 Å². The Kier molecular flexibility index (Phi) is 13.1. The molecule has 0 radical (unpaired) electrons. The van der Waals surface area contributed by atoms with Gasteiger partial charge in [0.1, 0.15) is 0 Å². The molecule has 17 heavy (non-hydrogen) atoms. The first-order valence-corrected chi connectivity index (χ1v) is 3.17. The van der Waals surface area contributed by atoms with Crippen LogP contribution in [0.2, 0.25) is 0 Å². The Morgan fingerprint density at radius 1 is 0.824 bits per heavy atom. The molecule has 0 rings (SSSR count). The zero-order valence-corrected chi connectivity index (χ0v) is 7.56. The highest BCUT2D eigenvalue weighted by atomic mass is 19.4. The molecule has 0 bridgehead atoms. The molecule has 0 aromatic rings. The lowest BCUT2D eigenvalue weighted by Gasteiger charge is -2.03. The van der Waals surface area contributed by atoms with E-state index in [9.17, 15) is 48.3 Å². The lowest BCUT2D eigenvalue weighted by atomic mass is 10.8. The Hall–Kier alpha value is -0.810. The summed E-state index contributed by atoms with van der Waals surface area (Å²) in [7, 11) is 0. The molecule has 0 fully saturated rings. The van der Waals surface area contributed by atoms with Crippen molar-refractivity contribution >= 4 is 0 Å². The lowest BCUT2D eigenvalue weighted by Crippen LogP contribution is -2.16. The van der Waals surface area contributed by atoms with E-state index in [-0.39, 0.29) is 0 Å². The van der Waals surface area contributed by atoms with Gasteiger partial charge in [0.15, 0.2) is 6.67 Å². The van der Waals surface area contributed by atoms with Crippen LogP contribution in [0.3, 0.4) is 0 Å². The van der Waals surface area contributed by atoms with Crippen molar-refractivity contribution in [2.24, 2.45) is 0 Å². The maximum Gasteiger partial charge on any atom is 0.526 e. The Labute approximate surface area is 87.1 Å². The monoisotopic (exact) mass is 290 g/mol. The van der Waals surface area contributed by atoms with E-state index in [0.29, 0.717) is 0 Å². The minimum Gasteiger partial charge on any atom is -0.241 e. The molecule has 0 amide bonds. The van der Waals surface area contributed by atoms with E-state index in [1.807, 2.05) is 0 Å². The van der Waals surface area contributed by atoms with Crippen molar-refractivity contribution in [1.82, 2.24) is 0 Å². The zero-order chi connectivity index (χ0) is 14.7. The summed E-state index contributed by atoms with van der Waals surface area (Å²) in [6.07, 6.45) is -9.85. The quantitative estimate of drug-likeness (QED) is 0.659. The number of ether oxygens (including phenoxy) is 1. The van der Waals surface area contributed by atoms with Gasteiger partial charge in [0.25, 0.3) is 0 Å². The molecule has 1 nitrogen and oxygen atoms in total. The molecule has 0 spiro atoms. The van der Waals surface area contributed by atoms with Gasteiger partial charge in [-0.2, -0.15) is 22.0 Å². The number of hydrogen-bond acceptors (Lipinski definition) is 1. The van der Waals surface area contributed by atoms with E-state index in [1.165, 1.54) is 0 Å². The lowest BCUT2D eigenvalue weighted by molar-refractivity contribution is -0.382. The number of alkyl halides is 11. The van der Waals surface area contributed by atoms with E-state index < -0.39 is 32.8 Å². The van der Waals surface area contributed by atoms with Gasteiger partial charge in [-0.15, -0.1) is 13.2 Å². The average molecular weight is 290 g/mol. The number of hydrogen-bond donors (Lipinski definition) is 0.